The van der Waals surface area contributed by atoms with Gasteiger partial charge in [0.15, 0.2) is 0 Å². The number of nitrogens with zero attached hydrogens (tertiary/aromatic N) is 1. The molecule has 0 radical (unpaired) electrons. The molecule has 0 saturated carbocycles. The fourth-order valence-corrected chi connectivity index (χ4v) is 5.87. The maximum Gasteiger partial charge on any atom is 0.251 e. The second-order valence-corrected chi connectivity index (χ2v) is 9.79. The number of ether oxygens (including phenoxy) is 2. The lowest BCUT2D eigenvalue weighted by atomic mass is 10.00. The van der Waals surface area contributed by atoms with Crippen LogP contribution in [0.25, 0.3) is 0 Å². The lowest BCUT2D eigenvalue weighted by Crippen LogP contribution is -2.33. The highest BCUT2D eigenvalue weighted by Crippen LogP contribution is 2.33. The van der Waals surface area contributed by atoms with E-state index < -0.39 is 10.0 Å². The van der Waals surface area contributed by atoms with Crippen LogP contribution in [0, 0.1) is 0 Å². The average Bonchev–Trinajstić information content (AvgIpc) is 3.09. The third-order valence-corrected chi connectivity index (χ3v) is 7.79. The van der Waals surface area contributed by atoms with E-state index in [-0.39, 0.29) is 28.2 Å². The molecule has 166 valence electrons. The molecule has 1 saturated heterocycles. The Bertz CT molecular complexity index is 1050. The van der Waals surface area contributed by atoms with Gasteiger partial charge in [-0.25, -0.2) is 8.42 Å². The molecule has 0 spiro atoms. The number of sulfonamides is 1. The van der Waals surface area contributed by atoms with Crippen molar-refractivity contribution in [2.45, 2.75) is 43.0 Å². The van der Waals surface area contributed by atoms with Crippen molar-refractivity contribution >= 4 is 15.9 Å². The monoisotopic (exact) mass is 444 g/mol. The van der Waals surface area contributed by atoms with E-state index >= 15 is 0 Å². The Hall–Kier alpha value is -2.58. The summed E-state index contributed by atoms with van der Waals surface area (Å²) in [6.07, 6.45) is 4.38. The fourth-order valence-electron chi connectivity index (χ4n) is 4.17. The molecular formula is C23H28N2O5S. The standard InChI is InChI=1S/C23H28N2O5S/c1-29-21-11-10-17(16-22(21)31(27,28)25-13-6-2-3-7-14-25)23(26)24-19-12-15-30-20-9-5-4-8-18(19)20/h4-5,8-11,16,19H,2-3,6-7,12-15H2,1H3,(H,24,26)/t19-/m1/s1. The van der Waals surface area contributed by atoms with E-state index in [1.54, 1.807) is 12.1 Å². The van der Waals surface area contributed by atoms with Gasteiger partial charge < -0.3 is 14.8 Å². The van der Waals surface area contributed by atoms with Crippen molar-refractivity contribution in [2.75, 3.05) is 26.8 Å². The van der Waals surface area contributed by atoms with E-state index in [4.69, 9.17) is 9.47 Å². The SMILES string of the molecule is COc1ccc(C(=O)N[C@@H]2CCOc3ccccc32)cc1S(=O)(=O)N1CCCCCC1. The molecule has 4 rings (SSSR count). The van der Waals surface area contributed by atoms with E-state index in [2.05, 4.69) is 5.32 Å². The molecule has 7 nitrogen and oxygen atoms in total. The summed E-state index contributed by atoms with van der Waals surface area (Å²) < 4.78 is 39.2. The number of carbonyl (C=O) groups is 1. The quantitative estimate of drug-likeness (QED) is 0.763. The summed E-state index contributed by atoms with van der Waals surface area (Å²) in [6.45, 7) is 1.49. The average molecular weight is 445 g/mol. The van der Waals surface area contributed by atoms with Crippen molar-refractivity contribution in [1.29, 1.82) is 0 Å². The molecule has 0 unspecified atom stereocenters. The fraction of sp³-hybridized carbons (Fsp3) is 0.435. The van der Waals surface area contributed by atoms with Gasteiger partial charge in [-0.15, -0.1) is 0 Å². The number of fused-ring (bicyclic) bond motifs is 1. The number of benzene rings is 2. The van der Waals surface area contributed by atoms with Gasteiger partial charge >= 0.3 is 0 Å². The predicted octanol–water partition coefficient (Wildman–Crippen LogP) is 3.51. The second-order valence-electron chi connectivity index (χ2n) is 7.88. The molecule has 31 heavy (non-hydrogen) atoms. The van der Waals surface area contributed by atoms with Crippen molar-refractivity contribution in [2.24, 2.45) is 0 Å². The molecule has 2 aromatic rings. The first-order valence-corrected chi connectivity index (χ1v) is 12.2. The van der Waals surface area contributed by atoms with Crippen LogP contribution in [-0.2, 0) is 10.0 Å². The van der Waals surface area contributed by atoms with Crippen molar-refractivity contribution < 1.29 is 22.7 Å². The highest BCUT2D eigenvalue weighted by molar-refractivity contribution is 7.89. The van der Waals surface area contributed by atoms with Crippen molar-refractivity contribution in [3.05, 3.63) is 53.6 Å². The number of para-hydroxylation sites is 1. The zero-order chi connectivity index (χ0) is 21.8. The Morgan fingerprint density at radius 2 is 1.84 bits per heavy atom. The van der Waals surface area contributed by atoms with Crippen LogP contribution in [0.15, 0.2) is 47.4 Å². The molecule has 2 aromatic carbocycles. The van der Waals surface area contributed by atoms with Crippen LogP contribution in [0.3, 0.4) is 0 Å². The molecule has 1 N–H and O–H groups in total. The number of hydrogen-bond acceptors (Lipinski definition) is 5. The van der Waals surface area contributed by atoms with Crippen molar-refractivity contribution in [3.8, 4) is 11.5 Å². The molecule has 8 heteroatoms. The maximum atomic E-state index is 13.3. The Labute approximate surface area is 183 Å². The topological polar surface area (TPSA) is 84.9 Å². The van der Waals surface area contributed by atoms with E-state index in [0.29, 0.717) is 26.1 Å². The Morgan fingerprint density at radius 1 is 1.10 bits per heavy atom. The minimum Gasteiger partial charge on any atom is -0.495 e. The maximum absolute atomic E-state index is 13.3. The normalized spacial score (nSPS) is 19.6. The van der Waals surface area contributed by atoms with E-state index in [0.717, 1.165) is 37.0 Å². The molecule has 1 amide bonds. The zero-order valence-corrected chi connectivity index (χ0v) is 18.5. The number of amides is 1. The van der Waals surface area contributed by atoms with E-state index in [1.807, 2.05) is 24.3 Å². The van der Waals surface area contributed by atoms with Gasteiger partial charge in [0.1, 0.15) is 16.4 Å². The summed E-state index contributed by atoms with van der Waals surface area (Å²) in [7, 11) is -2.32. The van der Waals surface area contributed by atoms with Gasteiger partial charge in [0.05, 0.1) is 19.8 Å². The molecule has 2 aliphatic heterocycles. The van der Waals surface area contributed by atoms with Gasteiger partial charge in [0.2, 0.25) is 10.0 Å². The zero-order valence-electron chi connectivity index (χ0n) is 17.7. The van der Waals surface area contributed by atoms with E-state index in [1.165, 1.54) is 17.5 Å². The number of nitrogens with one attached hydrogen (secondary N) is 1. The first kappa shape index (κ1) is 21.6. The smallest absolute Gasteiger partial charge is 0.251 e. The van der Waals surface area contributed by atoms with Crippen LogP contribution >= 0.6 is 0 Å². The molecule has 1 atom stereocenters. The summed E-state index contributed by atoms with van der Waals surface area (Å²) in [5.41, 5.74) is 1.21. The Morgan fingerprint density at radius 3 is 2.58 bits per heavy atom. The number of rotatable bonds is 5. The van der Waals surface area contributed by atoms with Crippen LogP contribution < -0.4 is 14.8 Å². The third-order valence-electron chi connectivity index (χ3n) is 5.87. The summed E-state index contributed by atoms with van der Waals surface area (Å²) >= 11 is 0. The molecule has 2 heterocycles. The Balaban J connectivity index is 1.61. The second kappa shape index (κ2) is 9.28. The van der Waals surface area contributed by atoms with Crippen molar-refractivity contribution in [1.82, 2.24) is 9.62 Å². The summed E-state index contributed by atoms with van der Waals surface area (Å²) in [4.78, 5) is 13.1. The lowest BCUT2D eigenvalue weighted by Gasteiger charge is -2.27. The first-order valence-electron chi connectivity index (χ1n) is 10.7. The predicted molar refractivity (Wildman–Crippen MR) is 117 cm³/mol. The summed E-state index contributed by atoms with van der Waals surface area (Å²) in [5.74, 6) is 0.687. The largest absolute Gasteiger partial charge is 0.495 e. The van der Waals surface area contributed by atoms with Gasteiger partial charge in [-0.3, -0.25) is 4.79 Å². The van der Waals surface area contributed by atoms with Gasteiger partial charge in [-0.1, -0.05) is 31.0 Å². The minimum atomic E-state index is -3.76. The van der Waals surface area contributed by atoms with Crippen LogP contribution in [-0.4, -0.2) is 45.4 Å². The van der Waals surface area contributed by atoms with Gasteiger partial charge in [0.25, 0.3) is 5.91 Å². The van der Waals surface area contributed by atoms with Crippen LogP contribution in [0.1, 0.15) is 54.1 Å². The molecule has 0 bridgehead atoms. The lowest BCUT2D eigenvalue weighted by molar-refractivity contribution is 0.0924. The molecular weight excluding hydrogens is 416 g/mol. The van der Waals surface area contributed by atoms with Crippen LogP contribution in [0.2, 0.25) is 0 Å². The summed E-state index contributed by atoms with van der Waals surface area (Å²) in [6, 6.07) is 12.0. The molecule has 2 aliphatic rings. The minimum absolute atomic E-state index is 0.0388. The number of methoxy groups -OCH3 is 1. The highest BCUT2D eigenvalue weighted by atomic mass is 32.2. The van der Waals surface area contributed by atoms with Crippen molar-refractivity contribution in [3.63, 3.8) is 0 Å². The van der Waals surface area contributed by atoms with Gasteiger partial charge in [0, 0.05) is 30.6 Å². The van der Waals surface area contributed by atoms with E-state index in [9.17, 15) is 13.2 Å². The highest BCUT2D eigenvalue weighted by Gasteiger charge is 2.30. The van der Waals surface area contributed by atoms with Crippen LogP contribution in [0.4, 0.5) is 0 Å². The molecule has 0 aliphatic carbocycles. The summed E-state index contributed by atoms with van der Waals surface area (Å²) in [5, 5.41) is 3.03. The Kier molecular flexibility index (Phi) is 6.48. The third kappa shape index (κ3) is 4.55. The number of carbonyl (C=O) groups excluding carboxylic acids is 1. The van der Waals surface area contributed by atoms with Gasteiger partial charge in [-0.2, -0.15) is 4.31 Å². The van der Waals surface area contributed by atoms with Gasteiger partial charge in [-0.05, 0) is 37.1 Å². The molecule has 0 aromatic heterocycles. The molecule has 1 fully saturated rings. The van der Waals surface area contributed by atoms with Crippen LogP contribution in [0.5, 0.6) is 11.5 Å². The first-order chi connectivity index (χ1) is 15.0. The number of hydrogen-bond donors (Lipinski definition) is 1.